The predicted octanol–water partition coefficient (Wildman–Crippen LogP) is 2.58. The second-order valence-electron chi connectivity index (χ2n) is 4.78. The third kappa shape index (κ3) is 3.79. The number of benzene rings is 2. The van der Waals surface area contributed by atoms with E-state index in [1.807, 2.05) is 0 Å². The largest absolute Gasteiger partial charge is 0.463 e. The number of aliphatic hydroxyl groups is 2. The Morgan fingerprint density at radius 1 is 1.00 bits per heavy atom. The van der Waals surface area contributed by atoms with Crippen LogP contribution in [0.2, 0.25) is 0 Å². The first-order valence-electron chi connectivity index (χ1n) is 6.38. The fourth-order valence-corrected chi connectivity index (χ4v) is 1.68. The predicted molar refractivity (Wildman–Crippen MR) is 73.5 cm³/mol. The lowest BCUT2D eigenvalue weighted by atomic mass is 10.1. The first-order valence-corrected chi connectivity index (χ1v) is 6.38. The zero-order chi connectivity index (χ0) is 14.6. The number of hydrogen-bond acceptors (Lipinski definition) is 3. The van der Waals surface area contributed by atoms with Crippen LogP contribution in [0.5, 0.6) is 5.75 Å². The molecule has 2 N–H and O–H groups in total. The smallest absolute Gasteiger partial charge is 0.207 e. The van der Waals surface area contributed by atoms with Gasteiger partial charge in [-0.05, 0) is 34.7 Å². The number of rotatable bonds is 4. The van der Waals surface area contributed by atoms with E-state index in [4.69, 9.17) is 9.84 Å². The maximum atomic E-state index is 12.5. The van der Waals surface area contributed by atoms with E-state index in [-0.39, 0.29) is 18.8 Å². The summed E-state index contributed by atoms with van der Waals surface area (Å²) in [5.41, 5.74) is 0. The van der Waals surface area contributed by atoms with Crippen molar-refractivity contribution in [3.8, 4) is 5.75 Å². The number of aliphatic hydroxyl groups excluding tert-OH is 1. The molecule has 0 aliphatic heterocycles. The molecule has 0 saturated heterocycles. The van der Waals surface area contributed by atoms with Crippen molar-refractivity contribution in [2.45, 2.75) is 19.1 Å². The van der Waals surface area contributed by atoms with Gasteiger partial charge in [-0.25, -0.2) is 4.39 Å². The molecular weight excluding hydrogens is 259 g/mol. The summed E-state index contributed by atoms with van der Waals surface area (Å²) in [6, 6.07) is 13.8. The van der Waals surface area contributed by atoms with Gasteiger partial charge in [0.1, 0.15) is 11.6 Å². The van der Waals surface area contributed by atoms with Crippen LogP contribution in [0.4, 0.5) is 4.39 Å². The van der Waals surface area contributed by atoms with Crippen LogP contribution >= 0.6 is 0 Å². The minimum atomic E-state index is -1.42. The molecule has 0 aromatic heterocycles. The molecule has 0 saturated carbocycles. The summed E-state index contributed by atoms with van der Waals surface area (Å²) in [5, 5.41) is 21.0. The van der Waals surface area contributed by atoms with Gasteiger partial charge in [0.15, 0.2) is 0 Å². The highest BCUT2D eigenvalue weighted by molar-refractivity contribution is 5.23. The molecular formula is C16H17FO3. The van der Waals surface area contributed by atoms with Crippen molar-refractivity contribution in [3.05, 3.63) is 64.8 Å². The fraction of sp³-hybridized carbons (Fsp3) is 0.250. The highest BCUT2D eigenvalue weighted by Gasteiger charge is 2.21. The van der Waals surface area contributed by atoms with Crippen LogP contribution < -0.4 is 4.74 Å². The van der Waals surface area contributed by atoms with Gasteiger partial charge >= 0.3 is 0 Å². The maximum Gasteiger partial charge on any atom is 0.207 e. The summed E-state index contributed by atoms with van der Waals surface area (Å²) in [6.45, 7) is 1.26. The van der Waals surface area contributed by atoms with Crippen LogP contribution in [0.25, 0.3) is 0 Å². The van der Waals surface area contributed by atoms with Crippen molar-refractivity contribution in [3.63, 3.8) is 0 Å². The summed E-state index contributed by atoms with van der Waals surface area (Å²) in [7, 11) is 0. The third-order valence-electron chi connectivity index (χ3n) is 2.95. The van der Waals surface area contributed by atoms with Crippen LogP contribution in [-0.2, 0) is 0 Å². The lowest BCUT2D eigenvalue weighted by Crippen LogP contribution is -2.32. The molecule has 3 rings (SSSR count). The molecule has 4 heteroatoms. The molecule has 0 radical (unpaired) electrons. The Labute approximate surface area is 116 Å². The molecule has 3 nitrogen and oxygen atoms in total. The fourth-order valence-electron chi connectivity index (χ4n) is 1.68. The van der Waals surface area contributed by atoms with E-state index in [0.717, 1.165) is 0 Å². The highest BCUT2D eigenvalue weighted by atomic mass is 19.1. The molecule has 2 aliphatic rings. The van der Waals surface area contributed by atoms with Crippen LogP contribution in [0.15, 0.2) is 48.5 Å². The highest BCUT2D eigenvalue weighted by Crippen LogP contribution is 2.19. The van der Waals surface area contributed by atoms with Gasteiger partial charge < -0.3 is 14.9 Å². The third-order valence-corrected chi connectivity index (χ3v) is 2.95. The topological polar surface area (TPSA) is 49.7 Å². The van der Waals surface area contributed by atoms with Crippen molar-refractivity contribution >= 4 is 0 Å². The molecule has 1 unspecified atom stereocenters. The summed E-state index contributed by atoms with van der Waals surface area (Å²) >= 11 is 0. The van der Waals surface area contributed by atoms with Gasteiger partial charge in [-0.1, -0.05) is 24.3 Å². The molecule has 1 aromatic rings. The van der Waals surface area contributed by atoms with Crippen LogP contribution in [-0.4, -0.2) is 22.6 Å². The van der Waals surface area contributed by atoms with Crippen LogP contribution in [0, 0.1) is 16.3 Å². The Morgan fingerprint density at radius 2 is 1.50 bits per heavy atom. The average Bonchev–Trinajstić information content (AvgIpc) is 2.37. The van der Waals surface area contributed by atoms with Crippen molar-refractivity contribution in [1.82, 2.24) is 0 Å². The van der Waals surface area contributed by atoms with Crippen molar-refractivity contribution in [2.24, 2.45) is 0 Å². The number of hydrogen-bond donors (Lipinski definition) is 2. The lowest BCUT2D eigenvalue weighted by molar-refractivity contribution is -0.132. The van der Waals surface area contributed by atoms with E-state index in [1.165, 1.54) is 41.6 Å². The zero-order valence-corrected chi connectivity index (χ0v) is 11.2. The quantitative estimate of drug-likeness (QED) is 0.720. The molecule has 2 aliphatic carbocycles. The first-order chi connectivity index (χ1) is 9.50. The Bertz CT molecular complexity index is 600. The van der Waals surface area contributed by atoms with Gasteiger partial charge in [-0.15, -0.1) is 0 Å². The minimum Gasteiger partial charge on any atom is -0.463 e. The molecule has 0 amide bonds. The van der Waals surface area contributed by atoms with Gasteiger partial charge in [0.25, 0.3) is 0 Å². The first kappa shape index (κ1) is 14.5. The van der Waals surface area contributed by atoms with E-state index in [1.54, 1.807) is 0 Å². The SMILES string of the molecule is CC(O)(CCO)Oc1ccc(F)cc1.c1cc2ccc1=2. The van der Waals surface area contributed by atoms with Crippen molar-refractivity contribution in [1.29, 1.82) is 0 Å². The standard InChI is InChI=1S/C10H13FO3.C6H4/c1-10(13,6-7-12)14-9-4-2-8(11)3-5-9;1-2-6-4-3-5(1)6/h2-5,12-13H,6-7H2,1H3;1-4H. The lowest BCUT2D eigenvalue weighted by Gasteiger charge is -2.23. The number of halogens is 1. The van der Waals surface area contributed by atoms with E-state index >= 15 is 0 Å². The van der Waals surface area contributed by atoms with E-state index in [9.17, 15) is 9.50 Å². The molecule has 1 aromatic carbocycles. The molecule has 1 atom stereocenters. The Hall–Kier alpha value is -1.91. The minimum absolute atomic E-state index is 0.102. The molecule has 20 heavy (non-hydrogen) atoms. The van der Waals surface area contributed by atoms with Gasteiger partial charge in [0, 0.05) is 20.0 Å². The summed E-state index contributed by atoms with van der Waals surface area (Å²) in [6.07, 6.45) is 0.102. The summed E-state index contributed by atoms with van der Waals surface area (Å²) < 4.78 is 17.6. The zero-order valence-electron chi connectivity index (χ0n) is 11.2. The molecule has 0 fully saturated rings. The Balaban J connectivity index is 0.000000198. The summed E-state index contributed by atoms with van der Waals surface area (Å²) in [4.78, 5) is 0. The normalized spacial score (nSPS) is 13.8. The summed E-state index contributed by atoms with van der Waals surface area (Å²) in [5.74, 6) is -1.42. The maximum absolute atomic E-state index is 12.5. The monoisotopic (exact) mass is 276 g/mol. The van der Waals surface area contributed by atoms with Gasteiger partial charge in [-0.3, -0.25) is 0 Å². The van der Waals surface area contributed by atoms with Gasteiger partial charge in [-0.2, -0.15) is 0 Å². The number of ether oxygens (including phenoxy) is 1. The molecule has 106 valence electrons. The molecule has 0 spiro atoms. The van der Waals surface area contributed by atoms with Crippen LogP contribution in [0.3, 0.4) is 0 Å². The molecule has 0 bridgehead atoms. The van der Waals surface area contributed by atoms with Crippen LogP contribution in [0.1, 0.15) is 13.3 Å². The molecule has 0 heterocycles. The van der Waals surface area contributed by atoms with Crippen molar-refractivity contribution in [2.75, 3.05) is 6.61 Å². The van der Waals surface area contributed by atoms with E-state index in [2.05, 4.69) is 24.3 Å². The Kier molecular flexibility index (Phi) is 4.37. The second-order valence-corrected chi connectivity index (χ2v) is 4.78. The van der Waals surface area contributed by atoms with Gasteiger partial charge in [0.05, 0.1) is 0 Å². The second kappa shape index (κ2) is 6.03. The Morgan fingerprint density at radius 3 is 1.85 bits per heavy atom. The average molecular weight is 276 g/mol. The van der Waals surface area contributed by atoms with Crippen molar-refractivity contribution < 1.29 is 19.3 Å². The van der Waals surface area contributed by atoms with E-state index in [0.29, 0.717) is 5.75 Å². The van der Waals surface area contributed by atoms with E-state index < -0.39 is 5.79 Å². The van der Waals surface area contributed by atoms with Gasteiger partial charge in [0.2, 0.25) is 5.79 Å².